The third-order valence-electron chi connectivity index (χ3n) is 4.42. The van der Waals surface area contributed by atoms with Crippen molar-refractivity contribution in [1.82, 2.24) is 18.8 Å². The molecule has 1 fully saturated rings. The summed E-state index contributed by atoms with van der Waals surface area (Å²) in [6.45, 7) is 1.26. The molecule has 1 aliphatic rings. The van der Waals surface area contributed by atoms with E-state index in [0.29, 0.717) is 35.8 Å². The molecule has 1 amide bonds. The van der Waals surface area contributed by atoms with Gasteiger partial charge in [0, 0.05) is 44.4 Å². The number of sulfonamides is 1. The normalized spacial score (nSPS) is 16.2. The van der Waals surface area contributed by atoms with Crippen molar-refractivity contribution in [3.63, 3.8) is 0 Å². The molecule has 2 aromatic rings. The number of halogens is 1. The summed E-state index contributed by atoms with van der Waals surface area (Å²) in [5, 5.41) is 0.453. The maximum atomic E-state index is 12.9. The average Bonchev–Trinajstić information content (AvgIpc) is 2.93. The van der Waals surface area contributed by atoms with Crippen molar-refractivity contribution in [2.24, 2.45) is 7.05 Å². The van der Waals surface area contributed by atoms with E-state index in [1.165, 1.54) is 23.9 Å². The smallest absolute Gasteiger partial charge is 0.262 e. The molecule has 0 unspecified atom stereocenters. The molecule has 1 saturated heterocycles. The molecule has 3 rings (SSSR count). The van der Waals surface area contributed by atoms with Crippen molar-refractivity contribution < 1.29 is 17.9 Å². The highest BCUT2D eigenvalue weighted by Crippen LogP contribution is 2.25. The van der Waals surface area contributed by atoms with Crippen LogP contribution in [-0.4, -0.2) is 66.4 Å². The van der Waals surface area contributed by atoms with E-state index in [1.807, 2.05) is 0 Å². The second-order valence-corrected chi connectivity index (χ2v) is 8.59. The number of aromatic nitrogens is 2. The van der Waals surface area contributed by atoms with Gasteiger partial charge in [-0.2, -0.15) is 4.31 Å². The minimum atomic E-state index is -3.68. The Labute approximate surface area is 163 Å². The lowest BCUT2D eigenvalue weighted by atomic mass is 10.1. The highest BCUT2D eigenvalue weighted by molar-refractivity contribution is 7.89. The molecule has 0 aliphatic carbocycles. The Hall–Kier alpha value is -2.10. The van der Waals surface area contributed by atoms with Gasteiger partial charge >= 0.3 is 0 Å². The summed E-state index contributed by atoms with van der Waals surface area (Å²) in [7, 11) is -0.475. The SMILES string of the molecule is COc1ccc(Cl)cc1C(=O)N1CCCN(S(=O)(=O)c2cn(C)cn2)CC1. The Bertz CT molecular complexity index is 944. The Morgan fingerprint density at radius 2 is 2.00 bits per heavy atom. The topological polar surface area (TPSA) is 84.7 Å². The molecule has 1 aromatic heterocycles. The average molecular weight is 413 g/mol. The van der Waals surface area contributed by atoms with Crippen LogP contribution >= 0.6 is 11.6 Å². The van der Waals surface area contributed by atoms with Gasteiger partial charge in [-0.25, -0.2) is 13.4 Å². The molecule has 8 nitrogen and oxygen atoms in total. The number of benzene rings is 1. The van der Waals surface area contributed by atoms with Gasteiger partial charge in [-0.05, 0) is 24.6 Å². The van der Waals surface area contributed by atoms with E-state index in [-0.39, 0.29) is 24.0 Å². The zero-order valence-corrected chi connectivity index (χ0v) is 16.7. The zero-order chi connectivity index (χ0) is 19.6. The van der Waals surface area contributed by atoms with E-state index in [2.05, 4.69) is 4.98 Å². The number of imidazole rings is 1. The molecule has 2 heterocycles. The van der Waals surface area contributed by atoms with Crippen LogP contribution in [0.15, 0.2) is 35.7 Å². The molecule has 1 aliphatic heterocycles. The Morgan fingerprint density at radius 1 is 1.22 bits per heavy atom. The summed E-state index contributed by atoms with van der Waals surface area (Å²) in [5.41, 5.74) is 0.367. The summed E-state index contributed by atoms with van der Waals surface area (Å²) in [4.78, 5) is 18.5. The van der Waals surface area contributed by atoms with E-state index in [0.717, 1.165) is 0 Å². The van der Waals surface area contributed by atoms with E-state index in [9.17, 15) is 13.2 Å². The lowest BCUT2D eigenvalue weighted by Gasteiger charge is -2.22. The summed E-state index contributed by atoms with van der Waals surface area (Å²) < 4.78 is 33.7. The van der Waals surface area contributed by atoms with Gasteiger partial charge in [-0.3, -0.25) is 4.79 Å². The van der Waals surface area contributed by atoms with Crippen LogP contribution in [0.3, 0.4) is 0 Å². The van der Waals surface area contributed by atoms with Crippen molar-refractivity contribution >= 4 is 27.5 Å². The van der Waals surface area contributed by atoms with Crippen molar-refractivity contribution in [2.45, 2.75) is 11.4 Å². The number of methoxy groups -OCH3 is 1. The maximum absolute atomic E-state index is 12.9. The van der Waals surface area contributed by atoms with Crippen LogP contribution in [0, 0.1) is 0 Å². The van der Waals surface area contributed by atoms with Crippen molar-refractivity contribution in [2.75, 3.05) is 33.3 Å². The summed E-state index contributed by atoms with van der Waals surface area (Å²) in [6.07, 6.45) is 3.45. The first-order valence-corrected chi connectivity index (χ1v) is 10.3. The van der Waals surface area contributed by atoms with Gasteiger partial charge in [0.15, 0.2) is 5.03 Å². The van der Waals surface area contributed by atoms with Gasteiger partial charge in [0.05, 0.1) is 19.0 Å². The molecule has 146 valence electrons. The Kier molecular flexibility index (Phi) is 5.73. The molecular formula is C17H21ClN4O4S. The van der Waals surface area contributed by atoms with Crippen LogP contribution < -0.4 is 4.74 Å². The molecule has 0 bridgehead atoms. The number of aryl methyl sites for hydroxylation is 1. The fraction of sp³-hybridized carbons (Fsp3) is 0.412. The van der Waals surface area contributed by atoms with Crippen LogP contribution in [0.4, 0.5) is 0 Å². The van der Waals surface area contributed by atoms with Crippen LogP contribution in [0.2, 0.25) is 5.02 Å². The van der Waals surface area contributed by atoms with Gasteiger partial charge in [0.1, 0.15) is 5.75 Å². The summed E-state index contributed by atoms with van der Waals surface area (Å²) >= 11 is 6.02. The Morgan fingerprint density at radius 3 is 2.67 bits per heavy atom. The molecule has 10 heteroatoms. The van der Waals surface area contributed by atoms with Crippen LogP contribution in [-0.2, 0) is 17.1 Å². The largest absolute Gasteiger partial charge is 0.496 e. The molecule has 0 radical (unpaired) electrons. The first-order chi connectivity index (χ1) is 12.8. The minimum absolute atomic E-state index is 0.0151. The van der Waals surface area contributed by atoms with Crippen LogP contribution in [0.1, 0.15) is 16.8 Å². The molecular weight excluding hydrogens is 392 g/mol. The van der Waals surface area contributed by atoms with Crippen LogP contribution in [0.5, 0.6) is 5.75 Å². The number of amides is 1. The fourth-order valence-corrected chi connectivity index (χ4v) is 4.62. The number of rotatable bonds is 4. The standard InChI is InChI=1S/C17H21ClN4O4S/c1-20-11-16(19-12-20)27(24,25)22-7-3-6-21(8-9-22)17(23)14-10-13(18)4-5-15(14)26-2/h4-5,10-12H,3,6-9H2,1-2H3. The highest BCUT2D eigenvalue weighted by Gasteiger charge is 2.30. The monoisotopic (exact) mass is 412 g/mol. The van der Waals surface area contributed by atoms with Gasteiger partial charge in [0.25, 0.3) is 15.9 Å². The van der Waals surface area contributed by atoms with E-state index < -0.39 is 10.0 Å². The van der Waals surface area contributed by atoms with Crippen molar-refractivity contribution in [3.8, 4) is 5.75 Å². The van der Waals surface area contributed by atoms with Crippen LogP contribution in [0.25, 0.3) is 0 Å². The number of carbonyl (C=O) groups is 1. The fourth-order valence-electron chi connectivity index (χ4n) is 3.01. The third kappa shape index (κ3) is 4.10. The molecule has 0 atom stereocenters. The lowest BCUT2D eigenvalue weighted by Crippen LogP contribution is -2.37. The third-order valence-corrected chi connectivity index (χ3v) is 6.44. The minimum Gasteiger partial charge on any atom is -0.496 e. The molecule has 27 heavy (non-hydrogen) atoms. The second-order valence-electron chi connectivity index (χ2n) is 6.27. The van der Waals surface area contributed by atoms with Crippen molar-refractivity contribution in [1.29, 1.82) is 0 Å². The summed E-state index contributed by atoms with van der Waals surface area (Å²) in [6, 6.07) is 4.86. The number of nitrogens with zero attached hydrogens (tertiary/aromatic N) is 4. The number of hydrogen-bond acceptors (Lipinski definition) is 5. The first kappa shape index (κ1) is 19.7. The zero-order valence-electron chi connectivity index (χ0n) is 15.1. The number of hydrogen-bond donors (Lipinski definition) is 0. The predicted octanol–water partition coefficient (Wildman–Crippen LogP) is 1.62. The van der Waals surface area contributed by atoms with Gasteiger partial charge in [-0.1, -0.05) is 11.6 Å². The molecule has 0 spiro atoms. The predicted molar refractivity (Wildman–Crippen MR) is 100 cm³/mol. The van der Waals surface area contributed by atoms with Gasteiger partial charge < -0.3 is 14.2 Å². The van der Waals surface area contributed by atoms with Crippen molar-refractivity contribution in [3.05, 3.63) is 41.3 Å². The summed E-state index contributed by atoms with van der Waals surface area (Å²) in [5.74, 6) is 0.207. The second kappa shape index (κ2) is 7.87. The molecule has 0 saturated carbocycles. The van der Waals surface area contributed by atoms with E-state index in [4.69, 9.17) is 16.3 Å². The van der Waals surface area contributed by atoms with E-state index >= 15 is 0 Å². The Balaban J connectivity index is 1.77. The number of ether oxygens (including phenoxy) is 1. The number of carbonyl (C=O) groups excluding carboxylic acids is 1. The van der Waals surface area contributed by atoms with E-state index in [1.54, 1.807) is 34.7 Å². The molecule has 0 N–H and O–H groups in total. The highest BCUT2D eigenvalue weighted by atomic mass is 35.5. The maximum Gasteiger partial charge on any atom is 0.262 e. The quantitative estimate of drug-likeness (QED) is 0.761. The molecule has 1 aromatic carbocycles. The lowest BCUT2D eigenvalue weighted by molar-refractivity contribution is 0.0761. The van der Waals surface area contributed by atoms with Gasteiger partial charge in [0.2, 0.25) is 0 Å². The van der Waals surface area contributed by atoms with Gasteiger partial charge in [-0.15, -0.1) is 0 Å². The first-order valence-electron chi connectivity index (χ1n) is 8.44.